The van der Waals surface area contributed by atoms with Crippen molar-refractivity contribution in [2.45, 2.75) is 32.8 Å². The van der Waals surface area contributed by atoms with Gasteiger partial charge in [0.05, 0.1) is 5.56 Å². The molecule has 3 atom stereocenters. The van der Waals surface area contributed by atoms with E-state index in [2.05, 4.69) is 6.58 Å². The Morgan fingerprint density at radius 2 is 2.00 bits per heavy atom. The Hall–Kier alpha value is -2.42. The highest BCUT2D eigenvalue weighted by atomic mass is 16.5. The molecule has 3 rings (SSSR count). The molecule has 2 aliphatic carbocycles. The van der Waals surface area contributed by atoms with Crippen LogP contribution >= 0.6 is 0 Å². The quantitative estimate of drug-likeness (QED) is 0.616. The summed E-state index contributed by atoms with van der Waals surface area (Å²) in [6.07, 6.45) is 6.45. The van der Waals surface area contributed by atoms with E-state index in [9.17, 15) is 9.59 Å². The van der Waals surface area contributed by atoms with Crippen molar-refractivity contribution in [1.29, 1.82) is 0 Å². The number of ketones is 1. The highest BCUT2D eigenvalue weighted by Gasteiger charge is 2.50. The first kappa shape index (κ1) is 16.4. The van der Waals surface area contributed by atoms with Gasteiger partial charge >= 0.3 is 5.97 Å². The number of rotatable bonds is 3. The summed E-state index contributed by atoms with van der Waals surface area (Å²) >= 11 is 0. The van der Waals surface area contributed by atoms with E-state index < -0.39 is 5.41 Å². The lowest BCUT2D eigenvalue weighted by Crippen LogP contribution is -2.35. The van der Waals surface area contributed by atoms with Crippen molar-refractivity contribution in [2.75, 3.05) is 0 Å². The van der Waals surface area contributed by atoms with Crippen molar-refractivity contribution in [3.05, 3.63) is 71.8 Å². The third kappa shape index (κ3) is 2.86. The van der Waals surface area contributed by atoms with Crippen molar-refractivity contribution >= 4 is 11.8 Å². The van der Waals surface area contributed by atoms with Crippen LogP contribution in [0.1, 0.15) is 37.0 Å². The summed E-state index contributed by atoms with van der Waals surface area (Å²) < 4.78 is 5.89. The lowest BCUT2D eigenvalue weighted by Gasteiger charge is -2.35. The van der Waals surface area contributed by atoms with Gasteiger partial charge in [0.2, 0.25) is 0 Å². The van der Waals surface area contributed by atoms with Gasteiger partial charge in [-0.15, -0.1) is 0 Å². The number of carbonyl (C=O) groups excluding carboxylic acids is 2. The summed E-state index contributed by atoms with van der Waals surface area (Å²) in [4.78, 5) is 24.2. The highest BCUT2D eigenvalue weighted by molar-refractivity contribution is 6.01. The van der Waals surface area contributed by atoms with Crippen LogP contribution in [0.25, 0.3) is 0 Å². The zero-order valence-electron chi connectivity index (χ0n) is 14.1. The lowest BCUT2D eigenvalue weighted by molar-refractivity contribution is -0.110. The van der Waals surface area contributed by atoms with E-state index in [0.29, 0.717) is 5.56 Å². The molecule has 2 aliphatic rings. The van der Waals surface area contributed by atoms with E-state index in [1.165, 1.54) is 0 Å². The zero-order chi connectivity index (χ0) is 17.3. The van der Waals surface area contributed by atoms with Gasteiger partial charge in [-0.1, -0.05) is 42.0 Å². The maximum absolute atomic E-state index is 12.5. The lowest BCUT2D eigenvalue weighted by atomic mass is 9.73. The van der Waals surface area contributed by atoms with Gasteiger partial charge in [-0.05, 0) is 56.9 Å². The van der Waals surface area contributed by atoms with Crippen molar-refractivity contribution < 1.29 is 14.3 Å². The molecule has 0 bridgehead atoms. The molecule has 0 aromatic heterocycles. The monoisotopic (exact) mass is 322 g/mol. The molecular weight excluding hydrogens is 300 g/mol. The second-order valence-corrected chi connectivity index (χ2v) is 6.85. The minimum atomic E-state index is -0.401. The van der Waals surface area contributed by atoms with Gasteiger partial charge in [-0.2, -0.15) is 0 Å². The number of hydrogen-bond donors (Lipinski definition) is 0. The molecule has 1 spiro atoms. The zero-order valence-corrected chi connectivity index (χ0v) is 14.1. The second-order valence-electron chi connectivity index (χ2n) is 6.85. The van der Waals surface area contributed by atoms with Gasteiger partial charge in [0, 0.05) is 5.41 Å². The molecule has 0 N–H and O–H groups in total. The van der Waals surface area contributed by atoms with Gasteiger partial charge in [-0.25, -0.2) is 4.79 Å². The largest absolute Gasteiger partial charge is 0.457 e. The molecule has 124 valence electrons. The summed E-state index contributed by atoms with van der Waals surface area (Å²) in [7, 11) is 0. The Labute approximate surface area is 142 Å². The first-order valence-electron chi connectivity index (χ1n) is 8.26. The maximum atomic E-state index is 12.5. The van der Waals surface area contributed by atoms with Crippen LogP contribution in [0.2, 0.25) is 0 Å². The van der Waals surface area contributed by atoms with Crippen molar-refractivity contribution in [2.24, 2.45) is 11.3 Å². The maximum Gasteiger partial charge on any atom is 0.338 e. The van der Waals surface area contributed by atoms with Gasteiger partial charge < -0.3 is 4.74 Å². The van der Waals surface area contributed by atoms with E-state index in [4.69, 9.17) is 4.74 Å². The molecule has 3 heteroatoms. The molecule has 0 aliphatic heterocycles. The minimum Gasteiger partial charge on any atom is -0.457 e. The summed E-state index contributed by atoms with van der Waals surface area (Å²) in [6.45, 7) is 8.04. The predicted octanol–water partition coefficient (Wildman–Crippen LogP) is 4.27. The molecule has 1 aromatic rings. The van der Waals surface area contributed by atoms with E-state index in [1.54, 1.807) is 24.3 Å². The Kier molecular flexibility index (Phi) is 4.27. The van der Waals surface area contributed by atoms with Crippen molar-refractivity contribution in [3.63, 3.8) is 0 Å². The van der Waals surface area contributed by atoms with Gasteiger partial charge in [0.25, 0.3) is 0 Å². The second kappa shape index (κ2) is 6.23. The van der Waals surface area contributed by atoms with Gasteiger partial charge in [0.15, 0.2) is 5.78 Å². The first-order valence-corrected chi connectivity index (χ1v) is 8.26. The number of benzene rings is 1. The number of allylic oxidation sites excluding steroid dienone is 3. The van der Waals surface area contributed by atoms with Crippen LogP contribution in [0.15, 0.2) is 66.3 Å². The molecule has 0 radical (unpaired) electrons. The summed E-state index contributed by atoms with van der Waals surface area (Å²) in [5.41, 5.74) is 2.20. The molecule has 1 aromatic carbocycles. The van der Waals surface area contributed by atoms with E-state index in [0.717, 1.165) is 24.0 Å². The van der Waals surface area contributed by atoms with Crippen LogP contribution in [-0.4, -0.2) is 17.9 Å². The third-order valence-electron chi connectivity index (χ3n) is 5.25. The molecule has 3 nitrogen and oxygen atoms in total. The summed E-state index contributed by atoms with van der Waals surface area (Å²) in [5.74, 6) is -0.0507. The van der Waals surface area contributed by atoms with Gasteiger partial charge in [0.1, 0.15) is 6.10 Å². The Balaban J connectivity index is 1.90. The van der Waals surface area contributed by atoms with Crippen molar-refractivity contribution in [1.82, 2.24) is 0 Å². The van der Waals surface area contributed by atoms with E-state index in [-0.39, 0.29) is 23.8 Å². The SMILES string of the molecule is C=C(C)[C@@H]1C[C@H](OC(=O)c2ccccc2)[C@@]2(C=CC(=O)C=C2C)C1. The molecule has 1 fully saturated rings. The predicted molar refractivity (Wildman–Crippen MR) is 93.5 cm³/mol. The molecule has 0 unspecified atom stereocenters. The number of hydrogen-bond acceptors (Lipinski definition) is 3. The van der Waals surface area contributed by atoms with Gasteiger partial charge in [-0.3, -0.25) is 4.79 Å². The summed E-state index contributed by atoms with van der Waals surface area (Å²) in [5, 5.41) is 0. The fourth-order valence-electron chi connectivity index (χ4n) is 3.74. The van der Waals surface area contributed by atoms with Crippen LogP contribution in [0, 0.1) is 11.3 Å². The van der Waals surface area contributed by atoms with Crippen LogP contribution in [-0.2, 0) is 9.53 Å². The fraction of sp³-hybridized carbons (Fsp3) is 0.333. The normalized spacial score (nSPS) is 28.8. The molecule has 24 heavy (non-hydrogen) atoms. The standard InChI is InChI=1S/C21H22O3/c1-14(2)17-12-19(24-20(23)16-7-5-4-6-8-16)21(13-17)10-9-18(22)11-15(21)3/h4-11,17,19H,1,12-13H2,2-3H3/t17-,19+,21+/m1/s1. The average Bonchev–Trinajstić information content (AvgIpc) is 2.92. The van der Waals surface area contributed by atoms with Crippen LogP contribution in [0.4, 0.5) is 0 Å². The van der Waals surface area contributed by atoms with Crippen LogP contribution in [0.5, 0.6) is 0 Å². The molecule has 0 saturated heterocycles. The summed E-state index contributed by atoms with van der Waals surface area (Å²) in [6, 6.07) is 9.02. The van der Waals surface area contributed by atoms with E-state index in [1.807, 2.05) is 38.1 Å². The molecule has 0 heterocycles. The van der Waals surface area contributed by atoms with Crippen LogP contribution in [0.3, 0.4) is 0 Å². The van der Waals surface area contributed by atoms with Crippen LogP contribution < -0.4 is 0 Å². The molecule has 0 amide bonds. The first-order chi connectivity index (χ1) is 11.4. The number of ether oxygens (including phenoxy) is 1. The smallest absolute Gasteiger partial charge is 0.338 e. The fourth-order valence-corrected chi connectivity index (χ4v) is 3.74. The topological polar surface area (TPSA) is 43.4 Å². The average molecular weight is 322 g/mol. The Morgan fingerprint density at radius 3 is 2.62 bits per heavy atom. The Morgan fingerprint density at radius 1 is 1.29 bits per heavy atom. The Bertz CT molecular complexity index is 742. The van der Waals surface area contributed by atoms with E-state index >= 15 is 0 Å². The third-order valence-corrected chi connectivity index (χ3v) is 5.25. The minimum absolute atomic E-state index is 0.00923. The highest BCUT2D eigenvalue weighted by Crippen LogP contribution is 2.52. The molecule has 1 saturated carbocycles. The number of carbonyl (C=O) groups is 2. The number of esters is 1. The molecular formula is C21H22O3. The van der Waals surface area contributed by atoms with Crippen molar-refractivity contribution in [3.8, 4) is 0 Å².